The molecule has 1 aliphatic carbocycles. The van der Waals surface area contributed by atoms with Crippen LogP contribution < -0.4 is 4.74 Å². The third-order valence-corrected chi connectivity index (χ3v) is 3.81. The van der Waals surface area contributed by atoms with Crippen molar-refractivity contribution in [1.29, 1.82) is 0 Å². The average Bonchev–Trinajstić information content (AvgIpc) is 2.75. The third-order valence-electron chi connectivity index (χ3n) is 3.81. The van der Waals surface area contributed by atoms with Crippen LogP contribution in [0.5, 0.6) is 5.75 Å². The van der Waals surface area contributed by atoms with Gasteiger partial charge < -0.3 is 9.84 Å². The van der Waals surface area contributed by atoms with Crippen LogP contribution in [0.3, 0.4) is 0 Å². The molecule has 0 radical (unpaired) electrons. The Morgan fingerprint density at radius 1 is 1.25 bits per heavy atom. The molecule has 2 atom stereocenters. The summed E-state index contributed by atoms with van der Waals surface area (Å²) in [4.78, 5) is 0. The predicted octanol–water partition coefficient (Wildman–Crippen LogP) is 2.64. The fraction of sp³-hybridized carbons (Fsp3) is 0.571. The summed E-state index contributed by atoms with van der Waals surface area (Å²) in [5, 5.41) is 9.62. The summed E-state index contributed by atoms with van der Waals surface area (Å²) >= 11 is 0. The van der Waals surface area contributed by atoms with Crippen LogP contribution in [0.25, 0.3) is 0 Å². The summed E-state index contributed by atoms with van der Waals surface area (Å²) in [6.07, 6.45) is 5.10. The van der Waals surface area contributed by atoms with Gasteiger partial charge >= 0.3 is 0 Å². The van der Waals surface area contributed by atoms with Crippen LogP contribution in [0.1, 0.15) is 42.7 Å². The first kappa shape index (κ1) is 10.2. The van der Waals surface area contributed by atoms with Crippen LogP contribution in [-0.2, 0) is 6.42 Å². The second kappa shape index (κ2) is 4.10. The molecular formula is C14H18O2. The van der Waals surface area contributed by atoms with E-state index < -0.39 is 0 Å². The lowest BCUT2D eigenvalue weighted by atomic mass is 9.92. The maximum atomic E-state index is 9.62. The number of hydrogen-bond acceptors (Lipinski definition) is 2. The average molecular weight is 218 g/mol. The quantitative estimate of drug-likeness (QED) is 0.785. The Morgan fingerprint density at radius 3 is 3.00 bits per heavy atom. The lowest BCUT2D eigenvalue weighted by Crippen LogP contribution is -2.11. The topological polar surface area (TPSA) is 29.5 Å². The molecule has 0 saturated heterocycles. The second-order valence-electron chi connectivity index (χ2n) is 4.95. The van der Waals surface area contributed by atoms with Crippen LogP contribution in [0.4, 0.5) is 0 Å². The summed E-state index contributed by atoms with van der Waals surface area (Å²) in [7, 11) is 0. The van der Waals surface area contributed by atoms with E-state index in [2.05, 4.69) is 18.2 Å². The largest absolute Gasteiger partial charge is 0.493 e. The van der Waals surface area contributed by atoms with Crippen LogP contribution in [0, 0.1) is 0 Å². The molecule has 1 fully saturated rings. The van der Waals surface area contributed by atoms with Crippen molar-refractivity contribution < 1.29 is 9.84 Å². The zero-order valence-electron chi connectivity index (χ0n) is 9.48. The van der Waals surface area contributed by atoms with E-state index in [1.807, 2.05) is 0 Å². The zero-order valence-corrected chi connectivity index (χ0v) is 9.48. The highest BCUT2D eigenvalue weighted by Crippen LogP contribution is 2.41. The number of para-hydroxylation sites is 1. The van der Waals surface area contributed by atoms with Gasteiger partial charge in [0.15, 0.2) is 0 Å². The van der Waals surface area contributed by atoms with Crippen molar-refractivity contribution in [3.8, 4) is 5.75 Å². The first-order chi connectivity index (χ1) is 7.84. The Kier molecular flexibility index (Phi) is 2.60. The monoisotopic (exact) mass is 218 g/mol. The molecule has 16 heavy (non-hydrogen) atoms. The van der Waals surface area contributed by atoms with Crippen molar-refractivity contribution in [1.82, 2.24) is 0 Å². The van der Waals surface area contributed by atoms with Crippen molar-refractivity contribution in [3.05, 3.63) is 29.3 Å². The van der Waals surface area contributed by atoms with Crippen LogP contribution in [-0.4, -0.2) is 17.8 Å². The van der Waals surface area contributed by atoms with Gasteiger partial charge in [0.25, 0.3) is 0 Å². The second-order valence-corrected chi connectivity index (χ2v) is 4.95. The van der Waals surface area contributed by atoms with Crippen LogP contribution in [0.2, 0.25) is 0 Å². The van der Waals surface area contributed by atoms with Crippen molar-refractivity contribution in [2.45, 2.75) is 44.1 Å². The van der Waals surface area contributed by atoms with E-state index in [0.717, 1.165) is 44.5 Å². The van der Waals surface area contributed by atoms with Gasteiger partial charge in [-0.25, -0.2) is 0 Å². The van der Waals surface area contributed by atoms with E-state index in [-0.39, 0.29) is 6.10 Å². The Hall–Kier alpha value is -1.02. The van der Waals surface area contributed by atoms with E-state index in [0.29, 0.717) is 5.92 Å². The molecule has 3 rings (SSSR count). The third kappa shape index (κ3) is 1.71. The molecule has 1 aromatic rings. The molecule has 0 amide bonds. The molecule has 2 unspecified atom stereocenters. The Morgan fingerprint density at radius 2 is 2.19 bits per heavy atom. The Balaban J connectivity index is 1.94. The molecule has 0 aromatic heterocycles. The number of aliphatic hydroxyl groups is 1. The number of fused-ring (bicyclic) bond motifs is 1. The highest BCUT2D eigenvalue weighted by atomic mass is 16.5. The molecule has 1 aliphatic heterocycles. The Labute approximate surface area is 96.2 Å². The summed E-state index contributed by atoms with van der Waals surface area (Å²) in [5.41, 5.74) is 2.68. The lowest BCUT2D eigenvalue weighted by Gasteiger charge is -2.23. The molecule has 1 N–H and O–H groups in total. The summed E-state index contributed by atoms with van der Waals surface area (Å²) in [6.45, 7) is 0.847. The summed E-state index contributed by atoms with van der Waals surface area (Å²) in [5.74, 6) is 1.62. The van der Waals surface area contributed by atoms with E-state index in [1.54, 1.807) is 0 Å². The van der Waals surface area contributed by atoms with Gasteiger partial charge in [-0.15, -0.1) is 0 Å². The minimum Gasteiger partial charge on any atom is -0.493 e. The minimum atomic E-state index is -0.107. The van der Waals surface area contributed by atoms with Gasteiger partial charge in [0, 0.05) is 0 Å². The predicted molar refractivity (Wildman–Crippen MR) is 62.9 cm³/mol. The van der Waals surface area contributed by atoms with Gasteiger partial charge in [-0.2, -0.15) is 0 Å². The molecule has 2 aliphatic rings. The minimum absolute atomic E-state index is 0.107. The fourth-order valence-electron chi connectivity index (χ4n) is 2.98. The number of aliphatic hydroxyl groups excluding tert-OH is 1. The maximum Gasteiger partial charge on any atom is 0.125 e. The molecule has 1 heterocycles. The molecule has 2 nitrogen and oxygen atoms in total. The van der Waals surface area contributed by atoms with Gasteiger partial charge in [0.2, 0.25) is 0 Å². The molecule has 86 valence electrons. The maximum absolute atomic E-state index is 9.62. The molecule has 1 saturated carbocycles. The zero-order chi connectivity index (χ0) is 11.0. The number of aryl methyl sites for hydroxylation is 1. The highest BCUT2D eigenvalue weighted by molar-refractivity contribution is 5.45. The molecule has 0 spiro atoms. The van der Waals surface area contributed by atoms with Gasteiger partial charge in [-0.1, -0.05) is 18.2 Å². The molecule has 2 heteroatoms. The van der Waals surface area contributed by atoms with Gasteiger partial charge in [0.05, 0.1) is 12.7 Å². The van der Waals surface area contributed by atoms with E-state index >= 15 is 0 Å². The van der Waals surface area contributed by atoms with Gasteiger partial charge in [-0.05, 0) is 49.1 Å². The van der Waals surface area contributed by atoms with E-state index in [1.165, 1.54) is 11.1 Å². The van der Waals surface area contributed by atoms with Crippen molar-refractivity contribution in [3.63, 3.8) is 0 Å². The van der Waals surface area contributed by atoms with Gasteiger partial charge in [0.1, 0.15) is 5.75 Å². The number of benzene rings is 1. The van der Waals surface area contributed by atoms with Crippen molar-refractivity contribution in [2.24, 2.45) is 0 Å². The molecule has 1 aromatic carbocycles. The van der Waals surface area contributed by atoms with Crippen LogP contribution in [0.15, 0.2) is 18.2 Å². The molecule has 0 bridgehead atoms. The standard InChI is InChI=1S/C14H18O2/c15-12-7-6-11(9-12)13-5-1-3-10-4-2-8-16-14(10)13/h1,3,5,11-12,15H,2,4,6-9H2. The van der Waals surface area contributed by atoms with E-state index in [9.17, 15) is 5.11 Å². The number of hydrogen-bond donors (Lipinski definition) is 1. The Bertz CT molecular complexity index is 386. The molecular weight excluding hydrogens is 200 g/mol. The summed E-state index contributed by atoms with van der Waals surface area (Å²) in [6, 6.07) is 6.48. The van der Waals surface area contributed by atoms with Gasteiger partial charge in [-0.3, -0.25) is 0 Å². The fourth-order valence-corrected chi connectivity index (χ4v) is 2.98. The van der Waals surface area contributed by atoms with Crippen LogP contribution >= 0.6 is 0 Å². The lowest BCUT2D eigenvalue weighted by molar-refractivity contribution is 0.181. The number of rotatable bonds is 1. The van der Waals surface area contributed by atoms with Crippen molar-refractivity contribution >= 4 is 0 Å². The highest BCUT2D eigenvalue weighted by Gasteiger charge is 2.28. The first-order valence-electron chi connectivity index (χ1n) is 6.27. The smallest absolute Gasteiger partial charge is 0.125 e. The van der Waals surface area contributed by atoms with Crippen molar-refractivity contribution in [2.75, 3.05) is 6.61 Å². The van der Waals surface area contributed by atoms with E-state index in [4.69, 9.17) is 4.74 Å². The summed E-state index contributed by atoms with van der Waals surface area (Å²) < 4.78 is 5.82. The first-order valence-corrected chi connectivity index (χ1v) is 6.27. The SMILES string of the molecule is OC1CCC(c2cccc3c2OCCC3)C1. The number of ether oxygens (including phenoxy) is 1. The normalized spacial score (nSPS) is 28.6.